The maximum absolute atomic E-state index is 13.2. The molecule has 2 saturated carbocycles. The van der Waals surface area contributed by atoms with E-state index in [-0.39, 0.29) is 11.8 Å². The summed E-state index contributed by atoms with van der Waals surface area (Å²) >= 11 is 12.0. The minimum absolute atomic E-state index is 0.0186. The van der Waals surface area contributed by atoms with Crippen molar-refractivity contribution in [2.24, 2.45) is 17.3 Å². The zero-order chi connectivity index (χ0) is 17.6. The van der Waals surface area contributed by atoms with Crippen LogP contribution in [0.5, 0.6) is 0 Å². The molecule has 4 nitrogen and oxygen atoms in total. The van der Waals surface area contributed by atoms with E-state index in [0.29, 0.717) is 21.7 Å². The number of hydrogen-bond acceptors (Lipinski definition) is 3. The molecule has 0 bridgehead atoms. The Balaban J connectivity index is 1.62. The van der Waals surface area contributed by atoms with Gasteiger partial charge in [0.25, 0.3) is 0 Å². The normalized spacial score (nSPS) is 30.4. The number of fused-ring (bicyclic) bond motifs is 1. The van der Waals surface area contributed by atoms with Gasteiger partial charge in [-0.15, -0.1) is 0 Å². The van der Waals surface area contributed by atoms with Gasteiger partial charge in [-0.1, -0.05) is 30.1 Å². The molecule has 2 unspecified atom stereocenters. The number of rotatable bonds is 3. The second-order valence-electron chi connectivity index (χ2n) is 7.42. The number of hydrogen-bond donors (Lipinski definition) is 1. The SMILES string of the molecule is C[C@]1(C(=O)Nc2ccc(Cl)c(Cl)c2)CC2CC2C[C@H]1c1cncnc1. The van der Waals surface area contributed by atoms with Crippen LogP contribution in [0.15, 0.2) is 36.9 Å². The van der Waals surface area contributed by atoms with E-state index in [2.05, 4.69) is 22.2 Å². The molecule has 4 rings (SSSR count). The lowest BCUT2D eigenvalue weighted by Gasteiger charge is -2.40. The molecule has 1 N–H and O–H groups in total. The van der Waals surface area contributed by atoms with Crippen LogP contribution >= 0.6 is 23.2 Å². The molecule has 1 amide bonds. The number of nitrogens with zero attached hydrogens (tertiary/aromatic N) is 2. The van der Waals surface area contributed by atoms with Crippen molar-refractivity contribution < 1.29 is 4.79 Å². The van der Waals surface area contributed by atoms with Crippen molar-refractivity contribution in [3.05, 3.63) is 52.5 Å². The molecule has 4 atom stereocenters. The second-order valence-corrected chi connectivity index (χ2v) is 8.23. The molecule has 2 aromatic rings. The fourth-order valence-electron chi connectivity index (χ4n) is 4.19. The van der Waals surface area contributed by atoms with Crippen LogP contribution < -0.4 is 5.32 Å². The number of nitrogens with one attached hydrogen (secondary N) is 1. The fraction of sp³-hybridized carbons (Fsp3) is 0.421. The molecule has 2 aliphatic rings. The third kappa shape index (κ3) is 3.13. The van der Waals surface area contributed by atoms with Gasteiger partial charge in [0.05, 0.1) is 15.5 Å². The summed E-state index contributed by atoms with van der Waals surface area (Å²) in [5.41, 5.74) is 1.22. The molecule has 1 aromatic carbocycles. The third-order valence-corrected chi connectivity index (χ3v) is 6.48. The predicted octanol–water partition coefficient (Wildman–Crippen LogP) is 4.94. The maximum Gasteiger partial charge on any atom is 0.230 e. The van der Waals surface area contributed by atoms with E-state index in [0.717, 1.165) is 24.3 Å². The Labute approximate surface area is 157 Å². The summed E-state index contributed by atoms with van der Waals surface area (Å²) in [6, 6.07) is 5.16. The van der Waals surface area contributed by atoms with Crippen LogP contribution in [0.4, 0.5) is 5.69 Å². The lowest BCUT2D eigenvalue weighted by atomic mass is 9.64. The fourth-order valence-corrected chi connectivity index (χ4v) is 4.49. The summed E-state index contributed by atoms with van der Waals surface area (Å²) < 4.78 is 0. The van der Waals surface area contributed by atoms with Crippen LogP contribution in [0.25, 0.3) is 0 Å². The van der Waals surface area contributed by atoms with E-state index in [4.69, 9.17) is 23.2 Å². The van der Waals surface area contributed by atoms with Crippen LogP contribution in [0.1, 0.15) is 37.7 Å². The highest BCUT2D eigenvalue weighted by atomic mass is 35.5. The van der Waals surface area contributed by atoms with Gasteiger partial charge >= 0.3 is 0 Å². The molecule has 0 aliphatic heterocycles. The topological polar surface area (TPSA) is 54.9 Å². The molecular weight excluding hydrogens is 357 g/mol. The standard InChI is InChI=1S/C19H19Cl2N3O/c1-19(18(25)24-14-2-3-16(20)17(21)6-14)7-12-4-11(12)5-15(19)13-8-22-10-23-9-13/h2-3,6,8-12,15H,4-5,7H2,1H3,(H,24,25)/t11?,12?,15-,19-/m0/s1. The minimum atomic E-state index is -0.492. The summed E-state index contributed by atoms with van der Waals surface area (Å²) in [7, 11) is 0. The van der Waals surface area contributed by atoms with E-state index in [1.54, 1.807) is 18.2 Å². The van der Waals surface area contributed by atoms with Gasteiger partial charge in [-0.3, -0.25) is 4.79 Å². The number of amides is 1. The smallest absolute Gasteiger partial charge is 0.230 e. The van der Waals surface area contributed by atoms with Crippen molar-refractivity contribution in [2.45, 2.75) is 32.1 Å². The van der Waals surface area contributed by atoms with E-state index < -0.39 is 5.41 Å². The van der Waals surface area contributed by atoms with Gasteiger partial charge in [0, 0.05) is 24.0 Å². The van der Waals surface area contributed by atoms with Crippen LogP contribution in [-0.4, -0.2) is 15.9 Å². The van der Waals surface area contributed by atoms with Crippen molar-refractivity contribution in [1.82, 2.24) is 9.97 Å². The van der Waals surface area contributed by atoms with E-state index in [9.17, 15) is 4.79 Å². The first-order valence-corrected chi connectivity index (χ1v) is 9.24. The molecule has 1 heterocycles. The van der Waals surface area contributed by atoms with Gasteiger partial charge in [-0.2, -0.15) is 0 Å². The Morgan fingerprint density at radius 2 is 1.92 bits per heavy atom. The van der Waals surface area contributed by atoms with Crippen molar-refractivity contribution in [3.8, 4) is 0 Å². The second kappa shape index (κ2) is 6.26. The summed E-state index contributed by atoms with van der Waals surface area (Å²) in [5, 5.41) is 3.95. The Bertz CT molecular complexity index is 814. The highest BCUT2D eigenvalue weighted by Gasteiger charge is 2.55. The van der Waals surface area contributed by atoms with Crippen LogP contribution in [0.3, 0.4) is 0 Å². The highest BCUT2D eigenvalue weighted by Crippen LogP contribution is 2.61. The van der Waals surface area contributed by atoms with Gasteiger partial charge in [0.1, 0.15) is 6.33 Å². The average Bonchev–Trinajstić information content (AvgIpc) is 3.36. The highest BCUT2D eigenvalue weighted by molar-refractivity contribution is 6.42. The van der Waals surface area contributed by atoms with Crippen molar-refractivity contribution in [3.63, 3.8) is 0 Å². The van der Waals surface area contributed by atoms with Crippen molar-refractivity contribution in [1.29, 1.82) is 0 Å². The van der Waals surface area contributed by atoms with Crippen molar-refractivity contribution in [2.75, 3.05) is 5.32 Å². The van der Waals surface area contributed by atoms with Gasteiger partial charge < -0.3 is 5.32 Å². The van der Waals surface area contributed by atoms with Crippen LogP contribution in [0, 0.1) is 17.3 Å². The molecule has 2 fully saturated rings. The number of halogens is 2. The van der Waals surface area contributed by atoms with E-state index in [1.807, 2.05) is 12.4 Å². The molecule has 6 heteroatoms. The summed E-state index contributed by atoms with van der Waals surface area (Å²) in [4.78, 5) is 21.5. The number of benzene rings is 1. The first-order valence-electron chi connectivity index (χ1n) is 8.49. The average molecular weight is 376 g/mol. The third-order valence-electron chi connectivity index (χ3n) is 5.74. The largest absolute Gasteiger partial charge is 0.326 e. The first-order chi connectivity index (χ1) is 12.0. The van der Waals surface area contributed by atoms with Gasteiger partial charge in [0.15, 0.2) is 0 Å². The number of aromatic nitrogens is 2. The van der Waals surface area contributed by atoms with Crippen LogP contribution in [-0.2, 0) is 4.79 Å². The first kappa shape index (κ1) is 16.8. The zero-order valence-electron chi connectivity index (χ0n) is 13.9. The molecular formula is C19H19Cl2N3O. The number of anilines is 1. The van der Waals surface area contributed by atoms with E-state index >= 15 is 0 Å². The Kier molecular flexibility index (Phi) is 4.20. The monoisotopic (exact) mass is 375 g/mol. The van der Waals surface area contributed by atoms with Crippen molar-refractivity contribution >= 4 is 34.8 Å². The molecule has 0 saturated heterocycles. The van der Waals surface area contributed by atoms with Gasteiger partial charge in [-0.05, 0) is 54.9 Å². The molecule has 130 valence electrons. The molecule has 2 aliphatic carbocycles. The Hall–Kier alpha value is -1.65. The summed E-state index contributed by atoms with van der Waals surface area (Å²) in [6.45, 7) is 2.06. The van der Waals surface area contributed by atoms with Gasteiger partial charge in [0.2, 0.25) is 5.91 Å². The van der Waals surface area contributed by atoms with Gasteiger partial charge in [-0.25, -0.2) is 9.97 Å². The molecule has 0 spiro atoms. The zero-order valence-corrected chi connectivity index (χ0v) is 15.4. The summed E-state index contributed by atoms with van der Waals surface area (Å²) in [6.07, 6.45) is 8.34. The minimum Gasteiger partial charge on any atom is -0.326 e. The quantitative estimate of drug-likeness (QED) is 0.825. The lowest BCUT2D eigenvalue weighted by Crippen LogP contribution is -2.41. The van der Waals surface area contributed by atoms with Crippen LogP contribution in [0.2, 0.25) is 10.0 Å². The Morgan fingerprint density at radius 1 is 1.16 bits per heavy atom. The molecule has 0 radical (unpaired) electrons. The maximum atomic E-state index is 13.2. The lowest BCUT2D eigenvalue weighted by molar-refractivity contribution is -0.127. The predicted molar refractivity (Wildman–Crippen MR) is 98.8 cm³/mol. The summed E-state index contributed by atoms with van der Waals surface area (Å²) in [5.74, 6) is 1.53. The van der Waals surface area contributed by atoms with E-state index in [1.165, 1.54) is 12.7 Å². The number of carbonyl (C=O) groups excluding carboxylic acids is 1. The Morgan fingerprint density at radius 3 is 2.64 bits per heavy atom. The number of carbonyl (C=O) groups is 1. The molecule has 1 aromatic heterocycles. The molecule has 25 heavy (non-hydrogen) atoms.